The van der Waals surface area contributed by atoms with Crippen molar-refractivity contribution in [2.24, 2.45) is 0 Å². The average molecular weight is 286 g/mol. The first-order chi connectivity index (χ1) is 6.19. The van der Waals surface area contributed by atoms with E-state index in [4.69, 9.17) is 0 Å². The van der Waals surface area contributed by atoms with Gasteiger partial charge in [0.15, 0.2) is 0 Å². The largest absolute Gasteiger partial charge is 0.0985 e. The van der Waals surface area contributed by atoms with Crippen molar-refractivity contribution in [3.05, 3.63) is 41.5 Å². The fourth-order valence-corrected chi connectivity index (χ4v) is 2.01. The van der Waals surface area contributed by atoms with Crippen LogP contribution in [0.2, 0.25) is 0 Å². The van der Waals surface area contributed by atoms with Gasteiger partial charge in [0, 0.05) is 3.92 Å². The summed E-state index contributed by atoms with van der Waals surface area (Å²) in [5.74, 6) is 0. The molecule has 13 heavy (non-hydrogen) atoms. The molecule has 1 heteroatoms. The molecule has 0 nitrogen and oxygen atoms in total. The Morgan fingerprint density at radius 1 is 1.54 bits per heavy atom. The predicted octanol–water partition coefficient (Wildman–Crippen LogP) is 4.52. The van der Waals surface area contributed by atoms with E-state index in [9.17, 15) is 0 Å². The number of alkyl halides is 1. The molecule has 0 amide bonds. The second-order valence-corrected chi connectivity index (χ2v) is 4.70. The van der Waals surface area contributed by atoms with Crippen LogP contribution in [0, 0.1) is 6.92 Å². The van der Waals surface area contributed by atoms with Crippen molar-refractivity contribution in [2.45, 2.75) is 24.2 Å². The minimum absolute atomic E-state index is 0.623. The first-order valence-electron chi connectivity index (χ1n) is 4.56. The summed E-state index contributed by atoms with van der Waals surface area (Å²) >= 11 is 2.50. The monoisotopic (exact) mass is 286 g/mol. The maximum absolute atomic E-state index is 3.78. The fraction of sp³-hybridized carbons (Fsp3) is 0.333. The van der Waals surface area contributed by atoms with Gasteiger partial charge in [0.25, 0.3) is 0 Å². The highest BCUT2D eigenvalue weighted by molar-refractivity contribution is 14.1. The molecule has 0 aliphatic carbocycles. The number of halogens is 1. The zero-order valence-corrected chi connectivity index (χ0v) is 10.3. The molecule has 0 aliphatic heterocycles. The number of rotatable bonds is 3. The summed E-state index contributed by atoms with van der Waals surface area (Å²) in [6.07, 6.45) is 3.09. The highest BCUT2D eigenvalue weighted by atomic mass is 127. The van der Waals surface area contributed by atoms with Crippen molar-refractivity contribution in [3.8, 4) is 0 Å². The average Bonchev–Trinajstić information content (AvgIpc) is 2.17. The molecule has 0 fully saturated rings. The second-order valence-electron chi connectivity index (χ2n) is 3.20. The fourth-order valence-electron chi connectivity index (χ4n) is 1.34. The minimum Gasteiger partial charge on any atom is -0.0985 e. The van der Waals surface area contributed by atoms with Gasteiger partial charge in [-0.15, -0.1) is 0 Å². The molecule has 0 saturated carbocycles. The molecule has 1 aromatic rings. The summed E-state index contributed by atoms with van der Waals surface area (Å²) < 4.78 is 0.623. The van der Waals surface area contributed by atoms with Crippen molar-refractivity contribution >= 4 is 28.7 Å². The summed E-state index contributed by atoms with van der Waals surface area (Å²) in [5, 5.41) is 0. The zero-order valence-electron chi connectivity index (χ0n) is 8.18. The normalized spacial score (nSPS) is 12.5. The molecule has 1 unspecified atom stereocenters. The molecule has 0 spiro atoms. The molecule has 0 radical (unpaired) electrons. The first kappa shape index (κ1) is 10.8. The standard InChI is InChI=1S/C12H15I/c1-4-10-7-6-9(3)11(8-10)12(13)5-2/h4,6-8,12H,1,5H2,2-3H3. The van der Waals surface area contributed by atoms with Crippen molar-refractivity contribution in [3.63, 3.8) is 0 Å². The third-order valence-electron chi connectivity index (χ3n) is 2.23. The van der Waals surface area contributed by atoms with E-state index >= 15 is 0 Å². The summed E-state index contributed by atoms with van der Waals surface area (Å²) in [6.45, 7) is 8.17. The summed E-state index contributed by atoms with van der Waals surface area (Å²) in [7, 11) is 0. The Kier molecular flexibility index (Phi) is 3.97. The first-order valence-corrected chi connectivity index (χ1v) is 5.80. The van der Waals surface area contributed by atoms with Gasteiger partial charge in [-0.25, -0.2) is 0 Å². The predicted molar refractivity (Wildman–Crippen MR) is 68.3 cm³/mol. The van der Waals surface area contributed by atoms with E-state index in [1.54, 1.807) is 0 Å². The van der Waals surface area contributed by atoms with Crippen molar-refractivity contribution in [2.75, 3.05) is 0 Å². The lowest BCUT2D eigenvalue weighted by atomic mass is 10.0. The lowest BCUT2D eigenvalue weighted by molar-refractivity contribution is 0.918. The molecule has 70 valence electrons. The molecule has 0 N–H and O–H groups in total. The van der Waals surface area contributed by atoms with Gasteiger partial charge in [-0.3, -0.25) is 0 Å². The van der Waals surface area contributed by atoms with E-state index in [1.165, 1.54) is 23.1 Å². The van der Waals surface area contributed by atoms with E-state index in [-0.39, 0.29) is 0 Å². The Bertz CT molecular complexity index is 302. The van der Waals surface area contributed by atoms with Gasteiger partial charge in [-0.1, -0.05) is 60.4 Å². The van der Waals surface area contributed by atoms with Crippen LogP contribution in [0.1, 0.15) is 34.0 Å². The van der Waals surface area contributed by atoms with Gasteiger partial charge in [-0.05, 0) is 30.0 Å². The minimum atomic E-state index is 0.623. The quantitative estimate of drug-likeness (QED) is 0.566. The zero-order chi connectivity index (χ0) is 9.84. The molecule has 0 aliphatic rings. The molecular weight excluding hydrogens is 271 g/mol. The Morgan fingerprint density at radius 2 is 2.23 bits per heavy atom. The van der Waals surface area contributed by atoms with Crippen LogP contribution < -0.4 is 0 Å². The molecule has 0 saturated heterocycles. The van der Waals surface area contributed by atoms with Gasteiger partial charge in [0.2, 0.25) is 0 Å². The molecule has 1 atom stereocenters. The highest BCUT2D eigenvalue weighted by Crippen LogP contribution is 2.30. The lowest BCUT2D eigenvalue weighted by Gasteiger charge is -2.11. The van der Waals surface area contributed by atoms with Crippen LogP contribution in [0.5, 0.6) is 0 Å². The van der Waals surface area contributed by atoms with Crippen LogP contribution in [0.3, 0.4) is 0 Å². The second kappa shape index (κ2) is 4.80. The van der Waals surface area contributed by atoms with Gasteiger partial charge in [0.05, 0.1) is 0 Å². The summed E-state index contributed by atoms with van der Waals surface area (Å²) in [6, 6.07) is 6.53. The highest BCUT2D eigenvalue weighted by Gasteiger charge is 2.07. The van der Waals surface area contributed by atoms with Crippen molar-refractivity contribution in [1.82, 2.24) is 0 Å². The topological polar surface area (TPSA) is 0 Å². The van der Waals surface area contributed by atoms with Crippen LogP contribution in [-0.4, -0.2) is 0 Å². The van der Waals surface area contributed by atoms with Crippen LogP contribution in [0.4, 0.5) is 0 Å². The summed E-state index contributed by atoms with van der Waals surface area (Å²) in [5.41, 5.74) is 4.04. The Labute approximate surface area is 94.2 Å². The Hall–Kier alpha value is -0.310. The van der Waals surface area contributed by atoms with Gasteiger partial charge in [-0.2, -0.15) is 0 Å². The van der Waals surface area contributed by atoms with E-state index in [2.05, 4.69) is 61.2 Å². The van der Waals surface area contributed by atoms with Crippen molar-refractivity contribution in [1.29, 1.82) is 0 Å². The number of hydrogen-bond donors (Lipinski definition) is 0. The van der Waals surface area contributed by atoms with Crippen LogP contribution in [0.15, 0.2) is 24.8 Å². The molecule has 1 rings (SSSR count). The SMILES string of the molecule is C=Cc1ccc(C)c(C(I)CC)c1. The molecule has 0 aromatic heterocycles. The van der Waals surface area contributed by atoms with Gasteiger partial charge >= 0.3 is 0 Å². The molecule has 0 bridgehead atoms. The maximum Gasteiger partial charge on any atom is 0.0359 e. The molecule has 0 heterocycles. The van der Waals surface area contributed by atoms with E-state index in [1.807, 2.05) is 6.08 Å². The van der Waals surface area contributed by atoms with Crippen LogP contribution in [-0.2, 0) is 0 Å². The van der Waals surface area contributed by atoms with Gasteiger partial charge < -0.3 is 0 Å². The smallest absolute Gasteiger partial charge is 0.0359 e. The summed E-state index contributed by atoms with van der Waals surface area (Å²) in [4.78, 5) is 0. The van der Waals surface area contributed by atoms with E-state index in [0.29, 0.717) is 3.92 Å². The number of aryl methyl sites for hydroxylation is 1. The van der Waals surface area contributed by atoms with Crippen LogP contribution >= 0.6 is 22.6 Å². The number of benzene rings is 1. The van der Waals surface area contributed by atoms with E-state index < -0.39 is 0 Å². The maximum atomic E-state index is 3.78. The third-order valence-corrected chi connectivity index (χ3v) is 3.79. The number of hydrogen-bond acceptors (Lipinski definition) is 0. The molecule has 1 aromatic carbocycles. The third kappa shape index (κ3) is 2.56. The molecular formula is C12H15I. The van der Waals surface area contributed by atoms with E-state index in [0.717, 1.165) is 0 Å². The Morgan fingerprint density at radius 3 is 2.77 bits per heavy atom. The van der Waals surface area contributed by atoms with Gasteiger partial charge in [0.1, 0.15) is 0 Å². The Balaban J connectivity index is 3.10. The van der Waals surface area contributed by atoms with Crippen LogP contribution in [0.25, 0.3) is 6.08 Å². The lowest BCUT2D eigenvalue weighted by Crippen LogP contribution is -1.92. The van der Waals surface area contributed by atoms with Crippen molar-refractivity contribution < 1.29 is 0 Å².